The quantitative estimate of drug-likeness (QED) is 0.324. The predicted molar refractivity (Wildman–Crippen MR) is 123 cm³/mol. The second-order valence-electron chi connectivity index (χ2n) is 7.86. The van der Waals surface area contributed by atoms with Crippen molar-refractivity contribution in [2.24, 2.45) is 0 Å². The average Bonchev–Trinajstić information content (AvgIpc) is 2.78. The van der Waals surface area contributed by atoms with Crippen LogP contribution in [0, 0.1) is 13.8 Å². The summed E-state index contributed by atoms with van der Waals surface area (Å²) in [6.07, 6.45) is 0. The molecule has 3 rings (SSSR count). The fraction of sp³-hybridized carbons (Fsp3) is 0.292. The number of aliphatic hydroxyl groups is 2. The minimum atomic E-state index is -1.46. The molecule has 3 aromatic rings. The third-order valence-corrected chi connectivity index (χ3v) is 5.77. The molecule has 0 amide bonds. The van der Waals surface area contributed by atoms with Crippen LogP contribution < -0.4 is 11.1 Å². The van der Waals surface area contributed by atoms with E-state index in [0.717, 1.165) is 0 Å². The molecule has 0 saturated heterocycles. The zero-order chi connectivity index (χ0) is 25.2. The molecule has 0 fully saturated rings. The number of pyridine rings is 2. The van der Waals surface area contributed by atoms with Gasteiger partial charge in [0.25, 0.3) is 11.1 Å². The second kappa shape index (κ2) is 9.94. The van der Waals surface area contributed by atoms with Crippen LogP contribution in [0.4, 0.5) is 0 Å². The van der Waals surface area contributed by atoms with Crippen LogP contribution in [0.2, 0.25) is 0 Å². The van der Waals surface area contributed by atoms with Crippen molar-refractivity contribution in [1.29, 1.82) is 0 Å². The third-order valence-electron chi connectivity index (χ3n) is 5.77. The van der Waals surface area contributed by atoms with Gasteiger partial charge in [0, 0.05) is 24.5 Å². The molecule has 0 saturated carbocycles. The summed E-state index contributed by atoms with van der Waals surface area (Å²) in [4.78, 5) is 39.0. The lowest BCUT2D eigenvalue weighted by Gasteiger charge is -2.24. The number of aromatic nitrogens is 2. The van der Waals surface area contributed by atoms with Crippen molar-refractivity contribution in [1.82, 2.24) is 9.13 Å². The standard InChI is InChI=1S/C24H26N2O8/c1-13-11-17(29)20(22(31)25(13)7-9-27)19(15-5-3-4-6-16(15)24(33)34)21-18(30)12-14(2)26(8-10-28)23(21)32/h3-6,11-12,19,27-30H,7-10H2,1-2H3,(H,33,34). The Morgan fingerprint density at radius 2 is 1.29 bits per heavy atom. The van der Waals surface area contributed by atoms with Crippen molar-refractivity contribution in [3.8, 4) is 11.5 Å². The highest BCUT2D eigenvalue weighted by Gasteiger charge is 2.33. The van der Waals surface area contributed by atoms with Crippen LogP contribution in [0.1, 0.15) is 44.4 Å². The molecule has 0 bridgehead atoms. The molecule has 0 aliphatic carbocycles. The minimum Gasteiger partial charge on any atom is -0.507 e. The number of benzene rings is 1. The molecule has 1 aromatic carbocycles. The zero-order valence-electron chi connectivity index (χ0n) is 18.7. The first-order chi connectivity index (χ1) is 16.1. The molecule has 5 N–H and O–H groups in total. The van der Waals surface area contributed by atoms with Crippen LogP contribution in [0.15, 0.2) is 46.0 Å². The number of aryl methyl sites for hydroxylation is 2. The summed E-state index contributed by atoms with van der Waals surface area (Å²) >= 11 is 0. The van der Waals surface area contributed by atoms with Crippen molar-refractivity contribution in [3.05, 3.63) is 90.7 Å². The van der Waals surface area contributed by atoms with E-state index in [2.05, 4.69) is 0 Å². The van der Waals surface area contributed by atoms with E-state index in [1.165, 1.54) is 45.5 Å². The predicted octanol–water partition coefficient (Wildman–Crippen LogP) is 0.901. The number of carboxylic acids is 1. The molecule has 0 aliphatic rings. The van der Waals surface area contributed by atoms with E-state index >= 15 is 0 Å². The van der Waals surface area contributed by atoms with Gasteiger partial charge in [0.15, 0.2) is 0 Å². The molecule has 34 heavy (non-hydrogen) atoms. The molecule has 0 aliphatic heterocycles. The lowest BCUT2D eigenvalue weighted by molar-refractivity contribution is 0.0695. The van der Waals surface area contributed by atoms with Crippen LogP contribution >= 0.6 is 0 Å². The maximum atomic E-state index is 13.5. The number of hydrogen-bond acceptors (Lipinski definition) is 7. The minimum absolute atomic E-state index is 0.00797. The number of nitrogens with zero attached hydrogens (tertiary/aromatic N) is 2. The van der Waals surface area contributed by atoms with Gasteiger partial charge < -0.3 is 34.7 Å². The molecule has 10 heteroatoms. The number of hydrogen-bond donors (Lipinski definition) is 5. The molecule has 0 radical (unpaired) electrons. The lowest BCUT2D eigenvalue weighted by Crippen LogP contribution is -2.34. The van der Waals surface area contributed by atoms with Gasteiger partial charge in [0.2, 0.25) is 0 Å². The maximum absolute atomic E-state index is 13.5. The van der Waals surface area contributed by atoms with Gasteiger partial charge in [0.05, 0.1) is 35.8 Å². The van der Waals surface area contributed by atoms with Gasteiger partial charge in [-0.25, -0.2) is 4.79 Å². The van der Waals surface area contributed by atoms with Gasteiger partial charge in [-0.15, -0.1) is 0 Å². The molecule has 0 unspecified atom stereocenters. The summed E-state index contributed by atoms with van der Waals surface area (Å²) in [5.74, 6) is -3.77. The van der Waals surface area contributed by atoms with E-state index in [9.17, 15) is 39.9 Å². The first kappa shape index (κ1) is 24.7. The largest absolute Gasteiger partial charge is 0.507 e. The summed E-state index contributed by atoms with van der Waals surface area (Å²) in [7, 11) is 0. The van der Waals surface area contributed by atoms with E-state index in [4.69, 9.17) is 0 Å². The molecule has 10 nitrogen and oxygen atoms in total. The Labute approximate surface area is 194 Å². The Hall–Kier alpha value is -3.89. The van der Waals surface area contributed by atoms with Crippen molar-refractivity contribution in [2.45, 2.75) is 32.9 Å². The Bertz CT molecular complexity index is 1280. The lowest BCUT2D eigenvalue weighted by atomic mass is 9.82. The molecule has 180 valence electrons. The van der Waals surface area contributed by atoms with Gasteiger partial charge in [-0.3, -0.25) is 9.59 Å². The Kier molecular flexibility index (Phi) is 7.23. The highest BCUT2D eigenvalue weighted by Crippen LogP contribution is 2.39. The smallest absolute Gasteiger partial charge is 0.335 e. The summed E-state index contributed by atoms with van der Waals surface area (Å²) in [6, 6.07) is 8.24. The van der Waals surface area contributed by atoms with Crippen LogP contribution in [0.5, 0.6) is 11.5 Å². The van der Waals surface area contributed by atoms with Crippen molar-refractivity contribution < 1.29 is 30.3 Å². The normalized spacial score (nSPS) is 11.2. The van der Waals surface area contributed by atoms with Gasteiger partial charge in [-0.05, 0) is 37.6 Å². The summed E-state index contributed by atoms with van der Waals surface area (Å²) in [5.41, 5.74) is -1.66. The number of carbonyl (C=O) groups is 1. The second-order valence-corrected chi connectivity index (χ2v) is 7.86. The Morgan fingerprint density at radius 1 is 0.853 bits per heavy atom. The fourth-order valence-corrected chi connectivity index (χ4v) is 4.23. The fourth-order valence-electron chi connectivity index (χ4n) is 4.23. The Morgan fingerprint density at radius 3 is 1.71 bits per heavy atom. The highest BCUT2D eigenvalue weighted by atomic mass is 16.4. The molecule has 2 aromatic heterocycles. The third kappa shape index (κ3) is 4.33. The molecular weight excluding hydrogens is 444 g/mol. The monoisotopic (exact) mass is 470 g/mol. The van der Waals surface area contributed by atoms with Crippen molar-refractivity contribution in [3.63, 3.8) is 0 Å². The van der Waals surface area contributed by atoms with E-state index in [-0.39, 0.29) is 48.6 Å². The Balaban J connectivity index is 2.53. The highest BCUT2D eigenvalue weighted by molar-refractivity contribution is 5.90. The van der Waals surface area contributed by atoms with Gasteiger partial charge >= 0.3 is 5.97 Å². The van der Waals surface area contributed by atoms with E-state index in [1.807, 2.05) is 0 Å². The van der Waals surface area contributed by atoms with E-state index in [1.54, 1.807) is 13.8 Å². The van der Waals surface area contributed by atoms with E-state index < -0.39 is 34.5 Å². The van der Waals surface area contributed by atoms with Gasteiger partial charge in [-0.1, -0.05) is 18.2 Å². The van der Waals surface area contributed by atoms with Crippen molar-refractivity contribution in [2.75, 3.05) is 13.2 Å². The van der Waals surface area contributed by atoms with Crippen LogP contribution in [-0.4, -0.2) is 53.8 Å². The first-order valence-electron chi connectivity index (χ1n) is 10.5. The van der Waals surface area contributed by atoms with Crippen LogP contribution in [0.3, 0.4) is 0 Å². The molecule has 2 heterocycles. The first-order valence-corrected chi connectivity index (χ1v) is 10.5. The number of aromatic hydroxyl groups is 2. The number of carboxylic acid groups (broad SMARTS) is 1. The average molecular weight is 470 g/mol. The zero-order valence-corrected chi connectivity index (χ0v) is 18.7. The SMILES string of the molecule is Cc1cc(O)c(C(c2ccccc2C(=O)O)c2c(O)cc(C)n(CCO)c2=O)c(=O)n1CCO. The number of rotatable bonds is 8. The number of aliphatic hydroxyl groups excluding tert-OH is 2. The van der Waals surface area contributed by atoms with Gasteiger partial charge in [-0.2, -0.15) is 0 Å². The van der Waals surface area contributed by atoms with Crippen LogP contribution in [0.25, 0.3) is 0 Å². The number of aromatic carboxylic acids is 1. The molecule has 0 atom stereocenters. The maximum Gasteiger partial charge on any atom is 0.335 e. The van der Waals surface area contributed by atoms with Gasteiger partial charge in [0.1, 0.15) is 11.5 Å². The molecular formula is C24H26N2O8. The summed E-state index contributed by atoms with van der Waals surface area (Å²) in [6.45, 7) is 2.16. The van der Waals surface area contributed by atoms with Crippen LogP contribution in [-0.2, 0) is 13.1 Å². The summed E-state index contributed by atoms with van der Waals surface area (Å²) in [5, 5.41) is 50.3. The topological polar surface area (TPSA) is 162 Å². The molecule has 0 spiro atoms. The van der Waals surface area contributed by atoms with E-state index in [0.29, 0.717) is 11.4 Å². The van der Waals surface area contributed by atoms with Crippen molar-refractivity contribution >= 4 is 5.97 Å². The summed E-state index contributed by atoms with van der Waals surface area (Å²) < 4.78 is 2.39.